The SMILES string of the molecule is CC1(CC(=O)c2ccnc(Cl)c2)CCC1. The Balaban J connectivity index is 2.08. The second-order valence-electron chi connectivity index (χ2n) is 4.63. The Labute approximate surface area is 94.7 Å². The van der Waals surface area contributed by atoms with E-state index in [2.05, 4.69) is 11.9 Å². The Bertz CT molecular complexity index is 385. The van der Waals surface area contributed by atoms with Gasteiger partial charge in [0.1, 0.15) is 5.15 Å². The molecule has 0 N–H and O–H groups in total. The first-order valence-electron chi connectivity index (χ1n) is 5.24. The van der Waals surface area contributed by atoms with Crippen LogP contribution in [0, 0.1) is 5.41 Å². The molecule has 1 aromatic heterocycles. The fourth-order valence-corrected chi connectivity index (χ4v) is 2.20. The van der Waals surface area contributed by atoms with Crippen molar-refractivity contribution in [3.63, 3.8) is 0 Å². The van der Waals surface area contributed by atoms with Crippen molar-refractivity contribution in [2.75, 3.05) is 0 Å². The summed E-state index contributed by atoms with van der Waals surface area (Å²) in [5.41, 5.74) is 0.912. The van der Waals surface area contributed by atoms with Crippen LogP contribution in [0.4, 0.5) is 0 Å². The van der Waals surface area contributed by atoms with Crippen LogP contribution in [0.2, 0.25) is 5.15 Å². The fraction of sp³-hybridized carbons (Fsp3) is 0.500. The third kappa shape index (κ3) is 2.37. The zero-order valence-electron chi connectivity index (χ0n) is 8.79. The van der Waals surface area contributed by atoms with Crippen LogP contribution in [0.3, 0.4) is 0 Å². The van der Waals surface area contributed by atoms with Crippen LogP contribution in [-0.4, -0.2) is 10.8 Å². The van der Waals surface area contributed by atoms with Gasteiger partial charge in [0.2, 0.25) is 0 Å². The summed E-state index contributed by atoms with van der Waals surface area (Å²) < 4.78 is 0. The smallest absolute Gasteiger partial charge is 0.163 e. The first-order chi connectivity index (χ1) is 7.09. The van der Waals surface area contributed by atoms with Gasteiger partial charge < -0.3 is 0 Å². The molecular weight excluding hydrogens is 210 g/mol. The molecule has 0 radical (unpaired) electrons. The predicted octanol–water partition coefficient (Wildman–Crippen LogP) is 3.50. The normalized spacial score (nSPS) is 18.3. The molecule has 0 bridgehead atoms. The third-order valence-electron chi connectivity index (χ3n) is 3.20. The van der Waals surface area contributed by atoms with Crippen LogP contribution in [0.25, 0.3) is 0 Å². The molecule has 80 valence electrons. The molecule has 1 heterocycles. The van der Waals surface area contributed by atoms with Gasteiger partial charge in [0.25, 0.3) is 0 Å². The first-order valence-corrected chi connectivity index (χ1v) is 5.62. The van der Waals surface area contributed by atoms with Gasteiger partial charge in [0.05, 0.1) is 0 Å². The van der Waals surface area contributed by atoms with Crippen molar-refractivity contribution in [2.45, 2.75) is 32.6 Å². The summed E-state index contributed by atoms with van der Waals surface area (Å²) in [6.07, 6.45) is 5.79. The molecule has 0 unspecified atom stereocenters. The van der Waals surface area contributed by atoms with Gasteiger partial charge in [-0.3, -0.25) is 4.79 Å². The van der Waals surface area contributed by atoms with Crippen molar-refractivity contribution in [1.29, 1.82) is 0 Å². The van der Waals surface area contributed by atoms with E-state index >= 15 is 0 Å². The summed E-state index contributed by atoms with van der Waals surface area (Å²) in [7, 11) is 0. The van der Waals surface area contributed by atoms with E-state index in [0.29, 0.717) is 17.1 Å². The van der Waals surface area contributed by atoms with Crippen molar-refractivity contribution < 1.29 is 4.79 Å². The molecule has 2 rings (SSSR count). The Morgan fingerprint density at radius 3 is 2.87 bits per heavy atom. The van der Waals surface area contributed by atoms with E-state index in [1.807, 2.05) is 0 Å². The summed E-state index contributed by atoms with van der Waals surface area (Å²) in [5, 5.41) is 0.389. The Morgan fingerprint density at radius 1 is 1.60 bits per heavy atom. The molecule has 0 saturated heterocycles. The lowest BCUT2D eigenvalue weighted by Crippen LogP contribution is -2.28. The molecule has 1 aromatic rings. The van der Waals surface area contributed by atoms with E-state index in [9.17, 15) is 4.79 Å². The van der Waals surface area contributed by atoms with E-state index in [0.717, 1.165) is 12.8 Å². The maximum Gasteiger partial charge on any atom is 0.163 e. The van der Waals surface area contributed by atoms with Gasteiger partial charge in [-0.25, -0.2) is 4.98 Å². The number of carbonyl (C=O) groups excluding carboxylic acids is 1. The lowest BCUT2D eigenvalue weighted by molar-refractivity contribution is 0.0816. The van der Waals surface area contributed by atoms with E-state index in [-0.39, 0.29) is 11.2 Å². The molecule has 0 amide bonds. The number of halogens is 1. The van der Waals surface area contributed by atoms with Crippen LogP contribution in [0.1, 0.15) is 43.0 Å². The van der Waals surface area contributed by atoms with Crippen molar-refractivity contribution in [3.8, 4) is 0 Å². The molecule has 3 heteroatoms. The molecule has 2 nitrogen and oxygen atoms in total. The highest BCUT2D eigenvalue weighted by Gasteiger charge is 2.34. The van der Waals surface area contributed by atoms with Gasteiger partial charge in [0, 0.05) is 18.2 Å². The van der Waals surface area contributed by atoms with E-state index in [1.54, 1.807) is 18.3 Å². The molecule has 0 aliphatic heterocycles. The molecule has 0 spiro atoms. The number of ketones is 1. The van der Waals surface area contributed by atoms with Crippen molar-refractivity contribution in [1.82, 2.24) is 4.98 Å². The minimum Gasteiger partial charge on any atom is -0.294 e. The summed E-state index contributed by atoms with van der Waals surface area (Å²) in [6, 6.07) is 3.38. The fourth-order valence-electron chi connectivity index (χ4n) is 2.02. The van der Waals surface area contributed by atoms with E-state index in [4.69, 9.17) is 11.6 Å². The van der Waals surface area contributed by atoms with Crippen LogP contribution in [-0.2, 0) is 0 Å². The van der Waals surface area contributed by atoms with Crippen LogP contribution >= 0.6 is 11.6 Å². The maximum absolute atomic E-state index is 11.9. The number of aromatic nitrogens is 1. The molecule has 0 atom stereocenters. The van der Waals surface area contributed by atoms with E-state index < -0.39 is 0 Å². The van der Waals surface area contributed by atoms with Crippen LogP contribution in [0.5, 0.6) is 0 Å². The number of carbonyl (C=O) groups is 1. The van der Waals surface area contributed by atoms with Crippen molar-refractivity contribution in [3.05, 3.63) is 29.0 Å². The number of Topliss-reactive ketones (excluding diaryl/α,β-unsaturated/α-hetero) is 1. The summed E-state index contributed by atoms with van der Waals surface area (Å²) in [5.74, 6) is 0.182. The van der Waals surface area contributed by atoms with E-state index in [1.165, 1.54) is 6.42 Å². The Morgan fingerprint density at radius 2 is 2.33 bits per heavy atom. The topological polar surface area (TPSA) is 30.0 Å². The zero-order chi connectivity index (χ0) is 10.9. The van der Waals surface area contributed by atoms with Crippen LogP contribution in [0.15, 0.2) is 18.3 Å². The minimum atomic E-state index is 0.182. The van der Waals surface area contributed by atoms with Gasteiger partial charge in [-0.2, -0.15) is 0 Å². The Kier molecular flexibility index (Phi) is 2.79. The summed E-state index contributed by atoms with van der Waals surface area (Å²) in [4.78, 5) is 15.8. The average molecular weight is 224 g/mol. The highest BCUT2D eigenvalue weighted by molar-refractivity contribution is 6.29. The summed E-state index contributed by atoms with van der Waals surface area (Å²) in [6.45, 7) is 2.18. The number of hydrogen-bond acceptors (Lipinski definition) is 2. The molecule has 1 saturated carbocycles. The molecular formula is C12H14ClNO. The number of pyridine rings is 1. The molecule has 1 fully saturated rings. The zero-order valence-corrected chi connectivity index (χ0v) is 9.55. The second kappa shape index (κ2) is 3.93. The quantitative estimate of drug-likeness (QED) is 0.580. The van der Waals surface area contributed by atoms with Gasteiger partial charge in [0.15, 0.2) is 5.78 Å². The second-order valence-corrected chi connectivity index (χ2v) is 5.02. The molecule has 1 aliphatic carbocycles. The molecule has 1 aliphatic rings. The van der Waals surface area contributed by atoms with Gasteiger partial charge >= 0.3 is 0 Å². The Hall–Kier alpha value is -0.890. The standard InChI is InChI=1S/C12H14ClNO/c1-12(4-2-5-12)8-10(15)9-3-6-14-11(13)7-9/h3,6-7H,2,4-5,8H2,1H3. The van der Waals surface area contributed by atoms with Gasteiger partial charge in [-0.15, -0.1) is 0 Å². The monoisotopic (exact) mass is 223 g/mol. The van der Waals surface area contributed by atoms with Crippen LogP contribution < -0.4 is 0 Å². The lowest BCUT2D eigenvalue weighted by Gasteiger charge is -2.37. The number of rotatable bonds is 3. The maximum atomic E-state index is 11.9. The summed E-state index contributed by atoms with van der Waals surface area (Å²) >= 11 is 5.74. The number of hydrogen-bond donors (Lipinski definition) is 0. The first kappa shape index (κ1) is 10.6. The number of nitrogens with zero attached hydrogens (tertiary/aromatic N) is 1. The molecule has 15 heavy (non-hydrogen) atoms. The van der Waals surface area contributed by atoms with Gasteiger partial charge in [-0.1, -0.05) is 24.9 Å². The van der Waals surface area contributed by atoms with Crippen molar-refractivity contribution >= 4 is 17.4 Å². The average Bonchev–Trinajstić information content (AvgIpc) is 2.15. The van der Waals surface area contributed by atoms with Crippen molar-refractivity contribution in [2.24, 2.45) is 5.41 Å². The third-order valence-corrected chi connectivity index (χ3v) is 3.40. The highest BCUT2D eigenvalue weighted by atomic mass is 35.5. The lowest BCUT2D eigenvalue weighted by atomic mass is 9.67. The highest BCUT2D eigenvalue weighted by Crippen LogP contribution is 2.43. The minimum absolute atomic E-state index is 0.182. The molecule has 0 aromatic carbocycles. The largest absolute Gasteiger partial charge is 0.294 e. The van der Waals surface area contributed by atoms with Gasteiger partial charge in [-0.05, 0) is 30.4 Å². The predicted molar refractivity (Wildman–Crippen MR) is 60.2 cm³/mol.